The average Bonchev–Trinajstić information content (AvgIpc) is 0.677. The molecule has 0 spiro atoms. The molecule has 0 atom stereocenters. The summed E-state index contributed by atoms with van der Waals surface area (Å²) in [4.78, 5) is 68.3. The van der Waals surface area contributed by atoms with Crippen molar-refractivity contribution in [2.75, 3.05) is 9.80 Å². The summed E-state index contributed by atoms with van der Waals surface area (Å²) in [6, 6.07) is 70.5. The van der Waals surface area contributed by atoms with Crippen molar-refractivity contribution in [2.24, 2.45) is 0 Å². The summed E-state index contributed by atoms with van der Waals surface area (Å²) in [6.45, 7) is 43.2. The van der Waals surface area contributed by atoms with E-state index in [1.165, 1.54) is 9.80 Å². The lowest BCUT2D eigenvalue weighted by atomic mass is 9.79. The van der Waals surface area contributed by atoms with Crippen LogP contribution >= 0.6 is 0 Å². The van der Waals surface area contributed by atoms with Crippen LogP contribution in [-0.2, 0) is 21.7 Å². The summed E-state index contributed by atoms with van der Waals surface area (Å²) in [7, 11) is 0. The van der Waals surface area contributed by atoms with Crippen LogP contribution in [0.15, 0.2) is 206 Å². The first kappa shape index (κ1) is 75.6. The number of anilines is 2. The first-order chi connectivity index (χ1) is 56.0. The fourth-order valence-corrected chi connectivity index (χ4v) is 19.2. The third-order valence-corrected chi connectivity index (χ3v) is 25.3. The van der Waals surface area contributed by atoms with Gasteiger partial charge in [0.05, 0.1) is 33.6 Å². The van der Waals surface area contributed by atoms with Gasteiger partial charge in [-0.2, -0.15) is 0 Å². The van der Waals surface area contributed by atoms with Gasteiger partial charge in [0.25, 0.3) is 23.6 Å². The van der Waals surface area contributed by atoms with Crippen molar-refractivity contribution in [1.82, 2.24) is 0 Å². The van der Waals surface area contributed by atoms with Crippen molar-refractivity contribution < 1.29 is 38.1 Å². The second-order valence-electron chi connectivity index (χ2n) is 38.4. The molecule has 118 heavy (non-hydrogen) atoms. The standard InChI is InChI=1S/C108H98N2O8/c1-55(2)67-23-21-24-68(56(3)4)99(67)109-101(111)79-51-83(115-63-35-27-59(28-36-63)105(9,10)11)93-75-47-43-71-73-45-49-77-90-78(50-46-74(88(73)90)72-44-48-76(89(75)87(71)72)94-84(52-80(102(109)112)91(79)97(93)94)116-64-37-29-60(30-38-64)106(12,13)14)96-86(118-66-41-33-62(34-42-66)108(18,19)20)54-82-92-81(53-85(95(77)98(92)96)117-65-39-31-61(32-40-65)107(15,16)17)103(113)110(104(82)114)100-69(57(5)6)25-22-26-70(100)58(7)8/h21-58H,1-20H3. The molecule has 0 unspecified atom stereocenters. The first-order valence-corrected chi connectivity index (χ1v) is 41.8. The zero-order valence-electron chi connectivity index (χ0n) is 71.1. The predicted molar refractivity (Wildman–Crippen MR) is 487 cm³/mol. The van der Waals surface area contributed by atoms with E-state index >= 15 is 19.2 Å². The fraction of sp³-hybridized carbons (Fsp3) is 0.259. The average molecular weight is 1550 g/mol. The molecule has 10 nitrogen and oxygen atoms in total. The van der Waals surface area contributed by atoms with Crippen molar-refractivity contribution in [3.05, 3.63) is 273 Å². The third kappa shape index (κ3) is 11.5. The molecule has 0 saturated heterocycles. The Balaban J connectivity index is 0.931. The monoisotopic (exact) mass is 1550 g/mol. The quantitative estimate of drug-likeness (QED) is 0.0601. The molecule has 2 aliphatic rings. The van der Waals surface area contributed by atoms with Crippen molar-refractivity contribution in [3.63, 3.8) is 0 Å². The summed E-state index contributed by atoms with van der Waals surface area (Å²) < 4.78 is 29.7. The Hall–Kier alpha value is -12.4. The van der Waals surface area contributed by atoms with Gasteiger partial charge < -0.3 is 18.9 Å². The molecule has 2 heterocycles. The Morgan fingerprint density at radius 1 is 0.229 bits per heavy atom. The summed E-state index contributed by atoms with van der Waals surface area (Å²) in [6.07, 6.45) is 0. The van der Waals surface area contributed by atoms with E-state index in [2.05, 4.69) is 236 Å². The maximum absolute atomic E-state index is 16.4. The molecule has 17 aromatic carbocycles. The molecule has 19 rings (SSSR count). The molecule has 2 aliphatic heterocycles. The van der Waals surface area contributed by atoms with Crippen molar-refractivity contribution in [2.45, 2.75) is 184 Å². The van der Waals surface area contributed by atoms with E-state index in [0.717, 1.165) is 131 Å². The van der Waals surface area contributed by atoms with Gasteiger partial charge >= 0.3 is 0 Å². The molecule has 0 radical (unpaired) electrons. The zero-order chi connectivity index (χ0) is 82.9. The number of ether oxygens (including phenoxy) is 4. The lowest BCUT2D eigenvalue weighted by Gasteiger charge is -2.33. The first-order valence-electron chi connectivity index (χ1n) is 41.8. The molecule has 0 aromatic heterocycles. The molecule has 0 N–H and O–H groups in total. The normalized spacial score (nSPS) is 13.9. The molecule has 4 amide bonds. The highest BCUT2D eigenvalue weighted by Crippen LogP contribution is 2.59. The van der Waals surface area contributed by atoms with E-state index in [1.807, 2.05) is 109 Å². The number of para-hydroxylation sites is 2. The number of imide groups is 2. The molecule has 0 saturated carbocycles. The number of hydrogen-bond donors (Lipinski definition) is 0. The minimum Gasteiger partial charge on any atom is -0.457 e. The van der Waals surface area contributed by atoms with Crippen LogP contribution in [0.25, 0.3) is 108 Å². The number of nitrogens with zero attached hydrogens (tertiary/aromatic N) is 2. The van der Waals surface area contributed by atoms with Crippen LogP contribution in [0.2, 0.25) is 0 Å². The van der Waals surface area contributed by atoms with Crippen LogP contribution in [0.5, 0.6) is 46.0 Å². The topological polar surface area (TPSA) is 112 Å². The molecule has 588 valence electrons. The van der Waals surface area contributed by atoms with Crippen LogP contribution in [-0.4, -0.2) is 23.6 Å². The van der Waals surface area contributed by atoms with Gasteiger partial charge in [0.1, 0.15) is 46.0 Å². The molecular formula is C108H98N2O8. The van der Waals surface area contributed by atoms with Gasteiger partial charge in [-0.15, -0.1) is 0 Å². The Kier molecular flexibility index (Phi) is 17.0. The fourth-order valence-electron chi connectivity index (χ4n) is 19.2. The molecule has 17 aromatic rings. The van der Waals surface area contributed by atoms with E-state index in [0.29, 0.717) is 101 Å². The number of benzene rings is 17. The maximum Gasteiger partial charge on any atom is 0.266 e. The maximum atomic E-state index is 16.4. The van der Waals surface area contributed by atoms with Gasteiger partial charge in [-0.25, -0.2) is 9.80 Å². The number of fused-ring (bicyclic) bond motifs is 6. The number of carbonyl (C=O) groups is 4. The molecule has 10 heteroatoms. The Morgan fingerprint density at radius 2 is 0.424 bits per heavy atom. The number of amides is 4. The highest BCUT2D eigenvalue weighted by molar-refractivity contribution is 6.50. The number of carbonyl (C=O) groups excluding carboxylic acids is 4. The van der Waals surface area contributed by atoms with E-state index in [1.54, 1.807) is 0 Å². The summed E-state index contributed by atoms with van der Waals surface area (Å²) in [5.41, 5.74) is 10.2. The van der Waals surface area contributed by atoms with Crippen LogP contribution < -0.4 is 28.7 Å². The molecular weight excluding hydrogens is 1450 g/mol. The number of hydrogen-bond acceptors (Lipinski definition) is 8. The SMILES string of the molecule is CC(C)c1cccc(C(C)C)c1N1C(=O)c2cc(Oc3ccc(C(C)(C)C)cc3)c3c4ccc5c6ccc7c8c(Oc9ccc(C(C)(C)C)cc9)cc9c%10c(cc(Oc%11ccc(C(C)(C)C)cc%11)c(c%11ccc(c%12ccc(c%13c(Oc%14ccc(C(C)(C)C)cc%14)cc(c2c3%13)C1=O)c4c5%12)c6c7%11)c%108)C(=O)N(c1c(C(C)C)cccc1C(C)C)C9=O. The largest absolute Gasteiger partial charge is 0.457 e. The Bertz CT molecular complexity index is 6310. The second-order valence-corrected chi connectivity index (χ2v) is 38.4. The smallest absolute Gasteiger partial charge is 0.266 e. The van der Waals surface area contributed by atoms with Crippen molar-refractivity contribution in [1.29, 1.82) is 0 Å². The van der Waals surface area contributed by atoms with E-state index < -0.39 is 23.6 Å². The third-order valence-electron chi connectivity index (χ3n) is 25.3. The van der Waals surface area contributed by atoms with Crippen LogP contribution in [0.1, 0.15) is 248 Å². The van der Waals surface area contributed by atoms with Gasteiger partial charge in [0.2, 0.25) is 0 Å². The van der Waals surface area contributed by atoms with E-state index in [4.69, 9.17) is 18.9 Å². The van der Waals surface area contributed by atoms with Gasteiger partial charge in [0.15, 0.2) is 0 Å². The highest BCUT2D eigenvalue weighted by Gasteiger charge is 2.44. The molecule has 0 fully saturated rings. The van der Waals surface area contributed by atoms with Gasteiger partial charge in [-0.3, -0.25) is 19.2 Å². The van der Waals surface area contributed by atoms with E-state index in [-0.39, 0.29) is 45.3 Å². The predicted octanol–water partition coefficient (Wildman–Crippen LogP) is 30.0. The van der Waals surface area contributed by atoms with Crippen LogP contribution in [0, 0.1) is 0 Å². The zero-order valence-corrected chi connectivity index (χ0v) is 71.1. The summed E-state index contributed by atoms with van der Waals surface area (Å²) in [5, 5.41) is 16.8. The molecule has 0 aliphatic carbocycles. The van der Waals surface area contributed by atoms with Crippen molar-refractivity contribution in [3.8, 4) is 46.0 Å². The van der Waals surface area contributed by atoms with E-state index in [9.17, 15) is 0 Å². The Labute approximate surface area is 689 Å². The minimum atomic E-state index is -0.432. The lowest BCUT2D eigenvalue weighted by Crippen LogP contribution is -2.42. The second kappa shape index (κ2) is 26.6. The minimum absolute atomic E-state index is 0.0298. The van der Waals surface area contributed by atoms with Gasteiger partial charge in [0, 0.05) is 43.1 Å². The van der Waals surface area contributed by atoms with Gasteiger partial charge in [-0.1, -0.05) is 272 Å². The Morgan fingerprint density at radius 3 is 0.619 bits per heavy atom. The number of rotatable bonds is 14. The van der Waals surface area contributed by atoms with Crippen molar-refractivity contribution >= 4 is 143 Å². The highest BCUT2D eigenvalue weighted by atomic mass is 16.5. The van der Waals surface area contributed by atoms with Gasteiger partial charge in [-0.05, 0) is 227 Å². The summed E-state index contributed by atoms with van der Waals surface area (Å²) in [5.74, 6) is 2.32. The summed E-state index contributed by atoms with van der Waals surface area (Å²) >= 11 is 0. The van der Waals surface area contributed by atoms with Crippen LogP contribution in [0.3, 0.4) is 0 Å². The lowest BCUT2D eigenvalue weighted by molar-refractivity contribution is 0.0877. The molecule has 0 bridgehead atoms. The van der Waals surface area contributed by atoms with Crippen LogP contribution in [0.4, 0.5) is 11.4 Å².